The molecule has 1 aliphatic carbocycles. The number of nitrogens with one attached hydrogen (secondary N) is 1. The topological polar surface area (TPSA) is 32.3 Å². The molecule has 0 saturated heterocycles. The summed E-state index contributed by atoms with van der Waals surface area (Å²) in [6.45, 7) is 5.66. The first kappa shape index (κ1) is 13.6. The van der Waals surface area contributed by atoms with Crippen LogP contribution < -0.4 is 5.32 Å². The third kappa shape index (κ3) is 2.93. The van der Waals surface area contributed by atoms with Gasteiger partial charge in [0.05, 0.1) is 5.60 Å². The SMILES string of the molecule is CCCNCC(C)(O)c1ccccc1C1CCC1. The molecule has 2 nitrogen and oxygen atoms in total. The Morgan fingerprint density at radius 2 is 2.06 bits per heavy atom. The summed E-state index contributed by atoms with van der Waals surface area (Å²) in [4.78, 5) is 0. The molecule has 1 fully saturated rings. The van der Waals surface area contributed by atoms with Crippen molar-refractivity contribution >= 4 is 0 Å². The zero-order chi connectivity index (χ0) is 13.0. The van der Waals surface area contributed by atoms with E-state index in [1.807, 2.05) is 13.0 Å². The van der Waals surface area contributed by atoms with Crippen LogP contribution in [0, 0.1) is 0 Å². The summed E-state index contributed by atoms with van der Waals surface area (Å²) in [5.41, 5.74) is 1.70. The average Bonchev–Trinajstić information content (AvgIpc) is 2.27. The van der Waals surface area contributed by atoms with E-state index in [0.29, 0.717) is 12.5 Å². The Labute approximate surface area is 110 Å². The molecule has 1 saturated carbocycles. The van der Waals surface area contributed by atoms with Crippen LogP contribution in [-0.4, -0.2) is 18.2 Å². The highest BCUT2D eigenvalue weighted by atomic mass is 16.3. The fourth-order valence-electron chi connectivity index (χ4n) is 2.67. The van der Waals surface area contributed by atoms with Crippen LogP contribution in [0.15, 0.2) is 24.3 Å². The van der Waals surface area contributed by atoms with Gasteiger partial charge in [0, 0.05) is 6.54 Å². The summed E-state index contributed by atoms with van der Waals surface area (Å²) in [6, 6.07) is 8.40. The van der Waals surface area contributed by atoms with Crippen LogP contribution in [0.25, 0.3) is 0 Å². The second kappa shape index (κ2) is 5.85. The minimum Gasteiger partial charge on any atom is -0.384 e. The number of hydrogen-bond donors (Lipinski definition) is 2. The van der Waals surface area contributed by atoms with Gasteiger partial charge in [-0.2, -0.15) is 0 Å². The molecule has 0 radical (unpaired) electrons. The molecule has 1 atom stereocenters. The van der Waals surface area contributed by atoms with Gasteiger partial charge in [0.25, 0.3) is 0 Å². The highest BCUT2D eigenvalue weighted by Gasteiger charge is 2.30. The molecule has 0 aliphatic heterocycles. The van der Waals surface area contributed by atoms with Crippen LogP contribution in [-0.2, 0) is 5.60 Å². The average molecular weight is 247 g/mol. The lowest BCUT2D eigenvalue weighted by molar-refractivity contribution is 0.0554. The summed E-state index contributed by atoms with van der Waals surface area (Å²) in [7, 11) is 0. The molecule has 2 rings (SSSR count). The highest BCUT2D eigenvalue weighted by molar-refractivity contribution is 5.36. The van der Waals surface area contributed by atoms with Gasteiger partial charge in [0.15, 0.2) is 0 Å². The van der Waals surface area contributed by atoms with Crippen molar-refractivity contribution in [3.63, 3.8) is 0 Å². The molecule has 1 unspecified atom stereocenters. The maximum Gasteiger partial charge on any atom is 0.0995 e. The third-order valence-corrected chi connectivity index (χ3v) is 3.98. The monoisotopic (exact) mass is 247 g/mol. The smallest absolute Gasteiger partial charge is 0.0995 e. The van der Waals surface area contributed by atoms with Crippen molar-refractivity contribution in [2.24, 2.45) is 0 Å². The maximum atomic E-state index is 10.7. The maximum absolute atomic E-state index is 10.7. The molecule has 1 aromatic rings. The number of hydrogen-bond acceptors (Lipinski definition) is 2. The Hall–Kier alpha value is -0.860. The fraction of sp³-hybridized carbons (Fsp3) is 0.625. The van der Waals surface area contributed by atoms with Gasteiger partial charge < -0.3 is 10.4 Å². The first-order valence-electron chi connectivity index (χ1n) is 7.17. The quantitative estimate of drug-likeness (QED) is 0.757. The van der Waals surface area contributed by atoms with E-state index in [2.05, 4.69) is 30.4 Å². The van der Waals surface area contributed by atoms with E-state index in [1.165, 1.54) is 24.8 Å². The summed E-state index contributed by atoms with van der Waals surface area (Å²) < 4.78 is 0. The van der Waals surface area contributed by atoms with Crippen LogP contribution in [0.1, 0.15) is 56.6 Å². The van der Waals surface area contributed by atoms with Gasteiger partial charge in [-0.1, -0.05) is 37.6 Å². The molecule has 0 amide bonds. The Balaban J connectivity index is 2.14. The summed E-state index contributed by atoms with van der Waals surface area (Å²) in [5, 5.41) is 14.0. The van der Waals surface area contributed by atoms with Crippen LogP contribution in [0.5, 0.6) is 0 Å². The Kier molecular flexibility index (Phi) is 4.41. The van der Waals surface area contributed by atoms with Crippen molar-refractivity contribution in [2.45, 2.75) is 51.0 Å². The van der Waals surface area contributed by atoms with Crippen molar-refractivity contribution in [1.82, 2.24) is 5.32 Å². The van der Waals surface area contributed by atoms with Crippen LogP contribution >= 0.6 is 0 Å². The Morgan fingerprint density at radius 3 is 2.67 bits per heavy atom. The van der Waals surface area contributed by atoms with Gasteiger partial charge >= 0.3 is 0 Å². The lowest BCUT2D eigenvalue weighted by Gasteiger charge is -2.33. The minimum absolute atomic E-state index is 0.630. The summed E-state index contributed by atoms with van der Waals surface area (Å²) >= 11 is 0. The van der Waals surface area contributed by atoms with Crippen molar-refractivity contribution < 1.29 is 5.11 Å². The van der Waals surface area contributed by atoms with Gasteiger partial charge in [-0.15, -0.1) is 0 Å². The number of benzene rings is 1. The van der Waals surface area contributed by atoms with E-state index in [9.17, 15) is 5.11 Å². The molecule has 0 aromatic heterocycles. The third-order valence-electron chi connectivity index (χ3n) is 3.98. The summed E-state index contributed by atoms with van der Waals surface area (Å²) in [6.07, 6.45) is 4.97. The zero-order valence-corrected chi connectivity index (χ0v) is 11.6. The van der Waals surface area contributed by atoms with Gasteiger partial charge in [-0.25, -0.2) is 0 Å². The van der Waals surface area contributed by atoms with E-state index in [1.54, 1.807) is 0 Å². The molecular formula is C16H25NO. The first-order valence-corrected chi connectivity index (χ1v) is 7.17. The largest absolute Gasteiger partial charge is 0.384 e. The molecule has 0 spiro atoms. The first-order chi connectivity index (χ1) is 8.65. The summed E-state index contributed by atoms with van der Waals surface area (Å²) in [5.74, 6) is 0.666. The van der Waals surface area contributed by atoms with Gasteiger partial charge in [0.2, 0.25) is 0 Å². The van der Waals surface area contributed by atoms with Crippen LogP contribution in [0.4, 0.5) is 0 Å². The van der Waals surface area contributed by atoms with Crippen molar-refractivity contribution in [1.29, 1.82) is 0 Å². The Morgan fingerprint density at radius 1 is 1.33 bits per heavy atom. The van der Waals surface area contributed by atoms with Gasteiger partial charge in [-0.05, 0) is 49.8 Å². The molecule has 0 bridgehead atoms. The van der Waals surface area contributed by atoms with Gasteiger partial charge in [-0.3, -0.25) is 0 Å². The predicted molar refractivity (Wildman–Crippen MR) is 75.8 cm³/mol. The minimum atomic E-state index is -0.763. The molecule has 1 aliphatic rings. The van der Waals surface area contributed by atoms with Crippen molar-refractivity contribution in [2.75, 3.05) is 13.1 Å². The van der Waals surface area contributed by atoms with Crippen LogP contribution in [0.3, 0.4) is 0 Å². The molecule has 0 heterocycles. The molecule has 2 heteroatoms. The molecule has 100 valence electrons. The van der Waals surface area contributed by atoms with E-state index >= 15 is 0 Å². The lowest BCUT2D eigenvalue weighted by Crippen LogP contribution is -2.37. The van der Waals surface area contributed by atoms with Crippen molar-refractivity contribution in [3.8, 4) is 0 Å². The number of rotatable bonds is 6. The van der Waals surface area contributed by atoms with E-state index in [-0.39, 0.29) is 0 Å². The standard InChI is InChI=1S/C16H25NO/c1-3-11-17-12-16(2,18)15-10-5-4-9-14(15)13-7-6-8-13/h4-5,9-10,13,17-18H,3,6-8,11-12H2,1-2H3. The lowest BCUT2D eigenvalue weighted by atomic mass is 9.75. The van der Waals surface area contributed by atoms with E-state index < -0.39 is 5.60 Å². The second-order valence-corrected chi connectivity index (χ2v) is 5.67. The van der Waals surface area contributed by atoms with Gasteiger partial charge in [0.1, 0.15) is 0 Å². The molecule has 2 N–H and O–H groups in total. The zero-order valence-electron chi connectivity index (χ0n) is 11.6. The number of aliphatic hydroxyl groups is 1. The molecule has 18 heavy (non-hydrogen) atoms. The highest BCUT2D eigenvalue weighted by Crippen LogP contribution is 2.40. The molecule has 1 aromatic carbocycles. The van der Waals surface area contributed by atoms with Crippen LogP contribution in [0.2, 0.25) is 0 Å². The fourth-order valence-corrected chi connectivity index (χ4v) is 2.67. The Bertz CT molecular complexity index is 382. The van der Waals surface area contributed by atoms with Crippen molar-refractivity contribution in [3.05, 3.63) is 35.4 Å². The normalized spacial score (nSPS) is 19.3. The van der Waals surface area contributed by atoms with E-state index in [0.717, 1.165) is 18.5 Å². The second-order valence-electron chi connectivity index (χ2n) is 5.67. The predicted octanol–water partition coefficient (Wildman–Crippen LogP) is 3.16. The molecular weight excluding hydrogens is 222 g/mol. The van der Waals surface area contributed by atoms with E-state index in [4.69, 9.17) is 0 Å².